The molecule has 2 heterocycles. The molecular weight excluding hydrogens is 436 g/mol. The van der Waals surface area contributed by atoms with Crippen LogP contribution in [0.3, 0.4) is 0 Å². The third kappa shape index (κ3) is 4.28. The summed E-state index contributed by atoms with van der Waals surface area (Å²) in [6.45, 7) is 0.446. The highest BCUT2D eigenvalue weighted by Crippen LogP contribution is 2.32. The summed E-state index contributed by atoms with van der Waals surface area (Å²) in [4.78, 5) is 31.3. The fourth-order valence-corrected chi connectivity index (χ4v) is 2.86. The van der Waals surface area contributed by atoms with E-state index in [0.29, 0.717) is 11.4 Å². The van der Waals surface area contributed by atoms with Crippen molar-refractivity contribution < 1.29 is 13.3 Å². The fourth-order valence-electron chi connectivity index (χ4n) is 2.78. The maximum atomic E-state index is 13.0. The van der Waals surface area contributed by atoms with Crippen LogP contribution in [-0.2, 0) is 25.5 Å². The van der Waals surface area contributed by atoms with Crippen LogP contribution in [0.25, 0.3) is 11.4 Å². The van der Waals surface area contributed by atoms with E-state index in [0.717, 1.165) is 5.56 Å². The van der Waals surface area contributed by atoms with Crippen LogP contribution in [0.15, 0.2) is 44.7 Å². The van der Waals surface area contributed by atoms with Crippen molar-refractivity contribution in [1.82, 2.24) is 24.9 Å². The Morgan fingerprint density at radius 1 is 1.10 bits per heavy atom. The van der Waals surface area contributed by atoms with Crippen LogP contribution >= 0.6 is 11.6 Å². The largest absolute Gasteiger partial charge is 0.400 e. The Morgan fingerprint density at radius 3 is 2.29 bits per heavy atom. The molecule has 0 saturated heterocycles. The van der Waals surface area contributed by atoms with Gasteiger partial charge < -0.3 is 15.2 Å². The van der Waals surface area contributed by atoms with Crippen molar-refractivity contribution in [2.75, 3.05) is 10.6 Å². The number of hydrogen-bond donors (Lipinski definition) is 2. The molecule has 160 valence electrons. The molecule has 0 saturated carbocycles. The normalized spacial score (nSPS) is 11.7. The van der Waals surface area contributed by atoms with Gasteiger partial charge in [-0.15, -0.1) is 0 Å². The minimum Gasteiger partial charge on any atom is -0.376 e. The van der Waals surface area contributed by atoms with Crippen molar-refractivity contribution in [3.8, 4) is 11.4 Å². The predicted octanol–water partition coefficient (Wildman–Crippen LogP) is 1.97. The van der Waals surface area contributed by atoms with Crippen molar-refractivity contribution in [1.29, 1.82) is 0 Å². The summed E-state index contributed by atoms with van der Waals surface area (Å²) in [6.07, 6.45) is 1.53. The number of aryl methyl sites for hydroxylation is 1. The van der Waals surface area contributed by atoms with Crippen LogP contribution in [0.5, 0.6) is 0 Å². The molecule has 0 fully saturated rings. The zero-order valence-electron chi connectivity index (χ0n) is 15.9. The molecule has 0 unspecified atom stereocenters. The molecule has 2 aromatic carbocycles. The number of hydrogen-bond acceptors (Lipinski definition) is 9. The van der Waals surface area contributed by atoms with Gasteiger partial charge in [0.2, 0.25) is 5.82 Å². The molecule has 10 nitrogen and oxygen atoms in total. The highest BCUT2D eigenvalue weighted by molar-refractivity contribution is 6.21. The number of aromatic nitrogens is 5. The average molecular weight is 450 g/mol. The van der Waals surface area contributed by atoms with Gasteiger partial charge in [-0.2, -0.15) is 18.9 Å². The molecule has 4 rings (SSSR count). The smallest absolute Gasteiger partial charge is 0.376 e. The molecule has 0 amide bonds. The number of alkyl halides is 3. The van der Waals surface area contributed by atoms with Crippen molar-refractivity contribution in [3.63, 3.8) is 0 Å². The maximum Gasteiger partial charge on any atom is 0.400 e. The standard InChI is InChI=1S/C18H14ClF2N7O3/c1-28-8-24-11(26-28)7-23-13-12(14(29)15(13)30)22-6-9-2-4-10(5-3-9)16-25-17(31-27-16)18(19,20)21/h2-5,8,22-23H,6-7H2,1H3. The first-order valence-corrected chi connectivity index (χ1v) is 9.26. The van der Waals surface area contributed by atoms with Gasteiger partial charge >= 0.3 is 11.3 Å². The lowest BCUT2D eigenvalue weighted by molar-refractivity contribution is 0.0551. The van der Waals surface area contributed by atoms with Crippen LogP contribution in [0.1, 0.15) is 17.3 Å². The van der Waals surface area contributed by atoms with Gasteiger partial charge in [-0.25, -0.2) is 4.98 Å². The number of nitrogens with one attached hydrogen (secondary N) is 2. The molecular formula is C18H14ClF2N7O3. The van der Waals surface area contributed by atoms with E-state index in [1.54, 1.807) is 31.3 Å². The third-order valence-corrected chi connectivity index (χ3v) is 4.49. The number of benzene rings is 1. The van der Waals surface area contributed by atoms with Gasteiger partial charge in [-0.3, -0.25) is 14.3 Å². The lowest BCUT2D eigenvalue weighted by Crippen LogP contribution is -2.37. The van der Waals surface area contributed by atoms with E-state index in [2.05, 4.69) is 35.4 Å². The number of anilines is 2. The van der Waals surface area contributed by atoms with E-state index in [4.69, 9.17) is 11.6 Å². The molecule has 0 aliphatic heterocycles. The Labute approximate surface area is 177 Å². The molecule has 0 atom stereocenters. The number of nitrogens with zero attached hydrogens (tertiary/aromatic N) is 5. The van der Waals surface area contributed by atoms with Crippen LogP contribution in [-0.4, -0.2) is 24.9 Å². The third-order valence-electron chi connectivity index (χ3n) is 4.33. The molecule has 4 aromatic rings. The van der Waals surface area contributed by atoms with E-state index >= 15 is 0 Å². The zero-order chi connectivity index (χ0) is 22.2. The molecule has 0 bridgehead atoms. The number of rotatable bonds is 8. The Kier molecular flexibility index (Phi) is 5.23. The highest BCUT2D eigenvalue weighted by Gasteiger charge is 2.35. The first kappa shape index (κ1) is 20.6. The molecule has 2 aromatic heterocycles. The molecule has 0 radical (unpaired) electrons. The molecule has 13 heteroatoms. The van der Waals surface area contributed by atoms with Crippen LogP contribution in [0.4, 0.5) is 20.2 Å². The van der Waals surface area contributed by atoms with Crippen LogP contribution in [0, 0.1) is 0 Å². The Balaban J connectivity index is 1.40. The topological polar surface area (TPSA) is 128 Å². The van der Waals surface area contributed by atoms with Gasteiger partial charge in [0, 0.05) is 19.2 Å². The molecule has 31 heavy (non-hydrogen) atoms. The lowest BCUT2D eigenvalue weighted by Gasteiger charge is -2.14. The summed E-state index contributed by atoms with van der Waals surface area (Å²) in [5.41, 5.74) is 0.333. The van der Waals surface area contributed by atoms with E-state index in [-0.39, 0.29) is 30.3 Å². The fraction of sp³-hybridized carbons (Fsp3) is 0.222. The minimum atomic E-state index is -3.74. The second-order valence-electron chi connectivity index (χ2n) is 6.57. The maximum absolute atomic E-state index is 13.0. The summed E-state index contributed by atoms with van der Waals surface area (Å²) in [5, 5.41) is 9.62. The second kappa shape index (κ2) is 7.87. The highest BCUT2D eigenvalue weighted by atomic mass is 35.5. The summed E-state index contributed by atoms with van der Waals surface area (Å²) >= 11 is 4.86. The van der Waals surface area contributed by atoms with E-state index in [1.807, 2.05) is 0 Å². The molecule has 2 N–H and O–H groups in total. The Hall–Kier alpha value is -3.67. The van der Waals surface area contributed by atoms with Crippen LogP contribution in [0.2, 0.25) is 0 Å². The molecule has 0 aliphatic carbocycles. The first-order valence-electron chi connectivity index (χ1n) is 8.88. The zero-order valence-corrected chi connectivity index (χ0v) is 16.7. The Bertz CT molecular complexity index is 1290. The van der Waals surface area contributed by atoms with E-state index in [9.17, 15) is 18.4 Å². The van der Waals surface area contributed by atoms with Crippen molar-refractivity contribution in [2.24, 2.45) is 7.05 Å². The lowest BCUT2D eigenvalue weighted by atomic mass is 10.1. The first-order chi connectivity index (χ1) is 14.7. The SMILES string of the molecule is Cn1cnc(CNc2c(NCc3ccc(-c4noc(C(F)(F)Cl)n4)cc3)c(=O)c2=O)n1. The van der Waals surface area contributed by atoms with Gasteiger partial charge in [0.1, 0.15) is 17.7 Å². The molecule has 0 aliphatic rings. The molecule has 0 spiro atoms. The quantitative estimate of drug-likeness (QED) is 0.306. The number of halogens is 3. The van der Waals surface area contributed by atoms with Gasteiger partial charge in [-0.1, -0.05) is 29.4 Å². The van der Waals surface area contributed by atoms with Crippen LogP contribution < -0.4 is 21.5 Å². The second-order valence-corrected chi connectivity index (χ2v) is 7.04. The van der Waals surface area contributed by atoms with Gasteiger partial charge in [0.25, 0.3) is 10.9 Å². The van der Waals surface area contributed by atoms with Crippen molar-refractivity contribution in [2.45, 2.75) is 18.5 Å². The summed E-state index contributed by atoms with van der Waals surface area (Å²) < 4.78 is 32.0. The minimum absolute atomic E-state index is 0.0353. The predicted molar refractivity (Wildman–Crippen MR) is 106 cm³/mol. The van der Waals surface area contributed by atoms with E-state index in [1.165, 1.54) is 11.0 Å². The monoisotopic (exact) mass is 449 g/mol. The van der Waals surface area contributed by atoms with Crippen molar-refractivity contribution >= 4 is 23.0 Å². The summed E-state index contributed by atoms with van der Waals surface area (Å²) in [7, 11) is 1.72. The summed E-state index contributed by atoms with van der Waals surface area (Å²) in [5.74, 6) is -0.545. The van der Waals surface area contributed by atoms with Crippen molar-refractivity contribution in [3.05, 3.63) is 68.3 Å². The van der Waals surface area contributed by atoms with Gasteiger partial charge in [0.05, 0.1) is 6.54 Å². The average Bonchev–Trinajstić information content (AvgIpc) is 3.39. The Morgan fingerprint density at radius 2 is 1.74 bits per heavy atom. The summed E-state index contributed by atoms with van der Waals surface area (Å²) in [6, 6.07) is 6.58. The van der Waals surface area contributed by atoms with Gasteiger partial charge in [-0.05, 0) is 17.2 Å². The van der Waals surface area contributed by atoms with E-state index < -0.39 is 22.1 Å². The van der Waals surface area contributed by atoms with Gasteiger partial charge in [0.15, 0.2) is 5.82 Å².